The van der Waals surface area contributed by atoms with Gasteiger partial charge in [0.25, 0.3) is 0 Å². The Bertz CT molecular complexity index is 438. The topological polar surface area (TPSA) is 107 Å². The van der Waals surface area contributed by atoms with Crippen LogP contribution in [-0.2, 0) is 13.5 Å². The van der Waals surface area contributed by atoms with Crippen LogP contribution in [0.1, 0.15) is 17.4 Å². The van der Waals surface area contributed by atoms with E-state index in [0.717, 1.165) is 5.56 Å². The van der Waals surface area contributed by atoms with Gasteiger partial charge in [-0.25, -0.2) is 9.97 Å². The van der Waals surface area contributed by atoms with Crippen LogP contribution in [0.4, 0.5) is 0 Å². The Labute approximate surface area is 91.9 Å². The van der Waals surface area contributed by atoms with E-state index < -0.39 is 0 Å². The second kappa shape index (κ2) is 4.73. The molecule has 3 N–H and O–H groups in total. The summed E-state index contributed by atoms with van der Waals surface area (Å²) in [6.07, 6.45) is 5.41. The molecule has 16 heavy (non-hydrogen) atoms. The lowest BCUT2D eigenvalue weighted by molar-refractivity contribution is 0.533. The van der Waals surface area contributed by atoms with E-state index in [1.54, 1.807) is 19.4 Å². The molecule has 1 unspecified atom stereocenters. The SMILES string of the molecule is Cn1nnc(CC(NN)c2cncnc2)n1. The molecular formula is C8H12N8. The van der Waals surface area contributed by atoms with Crippen LogP contribution in [0.3, 0.4) is 0 Å². The summed E-state index contributed by atoms with van der Waals surface area (Å²) >= 11 is 0. The second-order valence-electron chi connectivity index (χ2n) is 3.29. The van der Waals surface area contributed by atoms with Crippen LogP contribution < -0.4 is 11.3 Å². The molecular weight excluding hydrogens is 208 g/mol. The van der Waals surface area contributed by atoms with Gasteiger partial charge in [0.1, 0.15) is 6.33 Å². The summed E-state index contributed by atoms with van der Waals surface area (Å²) in [5, 5.41) is 11.7. The molecule has 8 heteroatoms. The van der Waals surface area contributed by atoms with E-state index in [0.29, 0.717) is 12.2 Å². The summed E-state index contributed by atoms with van der Waals surface area (Å²) in [5.74, 6) is 6.09. The number of tetrazole rings is 1. The zero-order valence-electron chi connectivity index (χ0n) is 8.78. The van der Waals surface area contributed by atoms with Crippen molar-refractivity contribution < 1.29 is 0 Å². The first-order valence-electron chi connectivity index (χ1n) is 4.73. The summed E-state index contributed by atoms with van der Waals surface area (Å²) in [4.78, 5) is 9.27. The third-order valence-electron chi connectivity index (χ3n) is 2.12. The molecule has 1 atom stereocenters. The van der Waals surface area contributed by atoms with Crippen LogP contribution in [0.15, 0.2) is 18.7 Å². The molecule has 0 aromatic carbocycles. The van der Waals surface area contributed by atoms with Gasteiger partial charge in [-0.15, -0.1) is 10.2 Å². The van der Waals surface area contributed by atoms with Crippen molar-refractivity contribution in [1.82, 2.24) is 35.6 Å². The predicted molar refractivity (Wildman–Crippen MR) is 54.6 cm³/mol. The van der Waals surface area contributed by atoms with Crippen molar-refractivity contribution in [2.45, 2.75) is 12.5 Å². The normalized spacial score (nSPS) is 12.6. The maximum atomic E-state index is 5.47. The Hall–Kier alpha value is -1.93. The average molecular weight is 220 g/mol. The Morgan fingerprint density at radius 3 is 2.75 bits per heavy atom. The van der Waals surface area contributed by atoms with Gasteiger partial charge in [-0.1, -0.05) is 0 Å². The van der Waals surface area contributed by atoms with Crippen molar-refractivity contribution >= 4 is 0 Å². The third kappa shape index (κ3) is 2.35. The van der Waals surface area contributed by atoms with E-state index in [1.165, 1.54) is 11.1 Å². The van der Waals surface area contributed by atoms with E-state index in [4.69, 9.17) is 5.84 Å². The molecule has 0 spiro atoms. The van der Waals surface area contributed by atoms with E-state index in [-0.39, 0.29) is 6.04 Å². The van der Waals surface area contributed by atoms with Gasteiger partial charge in [0.2, 0.25) is 0 Å². The van der Waals surface area contributed by atoms with E-state index in [1.807, 2.05) is 0 Å². The highest BCUT2D eigenvalue weighted by molar-refractivity contribution is 5.10. The van der Waals surface area contributed by atoms with Crippen LogP contribution in [0.5, 0.6) is 0 Å². The maximum Gasteiger partial charge on any atom is 0.176 e. The molecule has 0 fully saturated rings. The van der Waals surface area contributed by atoms with Crippen molar-refractivity contribution in [3.63, 3.8) is 0 Å². The number of hydrazine groups is 1. The number of nitrogens with one attached hydrogen (secondary N) is 1. The van der Waals surface area contributed by atoms with Crippen molar-refractivity contribution in [3.05, 3.63) is 30.1 Å². The summed E-state index contributed by atoms with van der Waals surface area (Å²) in [6.45, 7) is 0. The summed E-state index contributed by atoms with van der Waals surface area (Å²) in [5.41, 5.74) is 3.57. The number of hydrogen-bond donors (Lipinski definition) is 2. The fourth-order valence-electron chi connectivity index (χ4n) is 1.35. The Morgan fingerprint density at radius 2 is 2.19 bits per heavy atom. The van der Waals surface area contributed by atoms with Gasteiger partial charge in [0.05, 0.1) is 13.1 Å². The number of nitrogens with zero attached hydrogens (tertiary/aromatic N) is 6. The summed E-state index contributed by atoms with van der Waals surface area (Å²) < 4.78 is 0. The van der Waals surface area contributed by atoms with Crippen LogP contribution in [0, 0.1) is 0 Å². The standard InChI is InChI=1S/C8H12N8/c1-16-14-8(13-15-16)2-7(12-9)6-3-10-5-11-4-6/h3-5,7,12H,2,9H2,1H3. The molecule has 84 valence electrons. The highest BCUT2D eigenvalue weighted by Gasteiger charge is 2.14. The van der Waals surface area contributed by atoms with E-state index in [9.17, 15) is 0 Å². The third-order valence-corrected chi connectivity index (χ3v) is 2.12. The largest absolute Gasteiger partial charge is 0.271 e. The van der Waals surface area contributed by atoms with Crippen molar-refractivity contribution in [2.75, 3.05) is 0 Å². The Kier molecular flexibility index (Phi) is 3.13. The molecule has 0 aliphatic heterocycles. The van der Waals surface area contributed by atoms with Gasteiger partial charge in [-0.2, -0.15) is 4.80 Å². The average Bonchev–Trinajstić information content (AvgIpc) is 2.73. The first-order valence-corrected chi connectivity index (χ1v) is 4.73. The van der Waals surface area contributed by atoms with Crippen molar-refractivity contribution in [2.24, 2.45) is 12.9 Å². The van der Waals surface area contributed by atoms with Crippen LogP contribution in [0.25, 0.3) is 0 Å². The highest BCUT2D eigenvalue weighted by atomic mass is 15.6. The molecule has 0 bridgehead atoms. The molecule has 0 aliphatic carbocycles. The Morgan fingerprint density at radius 1 is 1.44 bits per heavy atom. The molecule has 2 heterocycles. The van der Waals surface area contributed by atoms with E-state index >= 15 is 0 Å². The molecule has 2 aromatic heterocycles. The first-order chi connectivity index (χ1) is 7.79. The first kappa shape index (κ1) is 10.6. The minimum atomic E-state index is -0.120. The minimum Gasteiger partial charge on any atom is -0.271 e. The van der Waals surface area contributed by atoms with Crippen molar-refractivity contribution in [3.8, 4) is 0 Å². The summed E-state index contributed by atoms with van der Waals surface area (Å²) in [6, 6.07) is -0.120. The van der Waals surface area contributed by atoms with Gasteiger partial charge in [-0.3, -0.25) is 11.3 Å². The van der Waals surface area contributed by atoms with Crippen LogP contribution in [-0.4, -0.2) is 30.2 Å². The minimum absolute atomic E-state index is 0.120. The van der Waals surface area contributed by atoms with Gasteiger partial charge >= 0.3 is 0 Å². The van der Waals surface area contributed by atoms with Crippen molar-refractivity contribution in [1.29, 1.82) is 0 Å². The second-order valence-corrected chi connectivity index (χ2v) is 3.29. The van der Waals surface area contributed by atoms with Gasteiger partial charge in [-0.05, 0) is 5.21 Å². The number of aromatic nitrogens is 6. The lowest BCUT2D eigenvalue weighted by Crippen LogP contribution is -2.30. The molecule has 2 aromatic rings. The smallest absolute Gasteiger partial charge is 0.176 e. The number of aryl methyl sites for hydroxylation is 1. The molecule has 8 nitrogen and oxygen atoms in total. The van der Waals surface area contributed by atoms with Gasteiger partial charge < -0.3 is 0 Å². The molecule has 0 radical (unpaired) electrons. The maximum absolute atomic E-state index is 5.47. The fourth-order valence-corrected chi connectivity index (χ4v) is 1.35. The lowest BCUT2D eigenvalue weighted by Gasteiger charge is -2.12. The lowest BCUT2D eigenvalue weighted by atomic mass is 10.1. The zero-order valence-corrected chi connectivity index (χ0v) is 8.78. The van der Waals surface area contributed by atoms with Crippen LogP contribution in [0.2, 0.25) is 0 Å². The fraction of sp³-hybridized carbons (Fsp3) is 0.375. The molecule has 0 saturated carbocycles. The Balaban J connectivity index is 2.12. The number of rotatable bonds is 4. The molecule has 0 saturated heterocycles. The molecule has 2 rings (SSSR count). The van der Waals surface area contributed by atoms with Gasteiger partial charge in [0.15, 0.2) is 5.82 Å². The quantitative estimate of drug-likeness (QED) is 0.489. The molecule has 0 aliphatic rings. The number of nitrogens with two attached hydrogens (primary N) is 1. The van der Waals surface area contributed by atoms with E-state index in [2.05, 4.69) is 30.8 Å². The summed E-state index contributed by atoms with van der Waals surface area (Å²) in [7, 11) is 1.72. The van der Waals surface area contributed by atoms with Crippen LogP contribution >= 0.6 is 0 Å². The van der Waals surface area contributed by atoms with Gasteiger partial charge in [0, 0.05) is 24.4 Å². The predicted octanol–water partition coefficient (Wildman–Crippen LogP) is -1.25. The zero-order chi connectivity index (χ0) is 11.4. The monoisotopic (exact) mass is 220 g/mol. The molecule has 0 amide bonds. The highest BCUT2D eigenvalue weighted by Crippen LogP contribution is 2.12. The number of hydrogen-bond acceptors (Lipinski definition) is 7.